The van der Waals surface area contributed by atoms with Crippen molar-refractivity contribution < 1.29 is 8.42 Å². The van der Waals surface area contributed by atoms with Crippen LogP contribution in [-0.4, -0.2) is 38.9 Å². The van der Waals surface area contributed by atoms with Crippen LogP contribution in [0.15, 0.2) is 0 Å². The van der Waals surface area contributed by atoms with E-state index in [0.29, 0.717) is 26.2 Å². The zero-order chi connectivity index (χ0) is 12.2. The van der Waals surface area contributed by atoms with Crippen LogP contribution in [0, 0.1) is 5.41 Å². The molecule has 0 bridgehead atoms. The molecule has 3 N–H and O–H groups in total. The third-order valence-electron chi connectivity index (χ3n) is 3.31. The lowest BCUT2D eigenvalue weighted by molar-refractivity contribution is 0.413. The van der Waals surface area contributed by atoms with Crippen LogP contribution in [0.1, 0.15) is 33.1 Å². The molecule has 0 aromatic carbocycles. The minimum absolute atomic E-state index is 0.148. The number of nitrogens with two attached hydrogens (primary N) is 1. The summed E-state index contributed by atoms with van der Waals surface area (Å²) in [5.41, 5.74) is 5.67. The molecular formula is C10H23N3O2S. The largest absolute Gasteiger partial charge is 0.330 e. The van der Waals surface area contributed by atoms with Gasteiger partial charge in [-0.3, -0.25) is 0 Å². The molecule has 0 aliphatic heterocycles. The van der Waals surface area contributed by atoms with E-state index in [1.165, 1.54) is 4.31 Å². The molecule has 0 unspecified atom stereocenters. The van der Waals surface area contributed by atoms with Gasteiger partial charge in [0.1, 0.15) is 0 Å². The Labute approximate surface area is 98.6 Å². The van der Waals surface area contributed by atoms with Crippen molar-refractivity contribution in [2.45, 2.75) is 33.1 Å². The van der Waals surface area contributed by atoms with Crippen LogP contribution in [0.3, 0.4) is 0 Å². The van der Waals surface area contributed by atoms with Crippen LogP contribution in [0.5, 0.6) is 0 Å². The van der Waals surface area contributed by atoms with E-state index in [9.17, 15) is 8.42 Å². The van der Waals surface area contributed by atoms with Gasteiger partial charge in [0.2, 0.25) is 0 Å². The summed E-state index contributed by atoms with van der Waals surface area (Å²) in [5, 5.41) is 0. The third kappa shape index (κ3) is 3.41. The maximum absolute atomic E-state index is 11.9. The average Bonchev–Trinajstić information content (AvgIpc) is 2.98. The molecule has 96 valence electrons. The molecular weight excluding hydrogens is 226 g/mol. The quantitative estimate of drug-likeness (QED) is 0.649. The average molecular weight is 249 g/mol. The summed E-state index contributed by atoms with van der Waals surface area (Å²) >= 11 is 0. The summed E-state index contributed by atoms with van der Waals surface area (Å²) in [5.74, 6) is 0. The zero-order valence-electron chi connectivity index (χ0n) is 10.2. The first-order chi connectivity index (χ1) is 7.49. The van der Waals surface area contributed by atoms with Crippen molar-refractivity contribution in [1.29, 1.82) is 0 Å². The molecule has 0 heterocycles. The minimum Gasteiger partial charge on any atom is -0.330 e. The standard InChI is InChI=1S/C10H23N3O2S/c1-3-13(4-2)16(14,15)12-9-10(5-6-10)7-8-11/h12H,3-9,11H2,1-2H3. The lowest BCUT2D eigenvalue weighted by atomic mass is 10.0. The second kappa shape index (κ2) is 5.44. The monoisotopic (exact) mass is 249 g/mol. The summed E-state index contributed by atoms with van der Waals surface area (Å²) in [6.07, 6.45) is 3.09. The first-order valence-corrected chi connectivity index (χ1v) is 7.38. The number of nitrogens with zero attached hydrogens (tertiary/aromatic N) is 1. The molecule has 0 atom stereocenters. The first kappa shape index (κ1) is 13.9. The predicted molar refractivity (Wildman–Crippen MR) is 65.2 cm³/mol. The van der Waals surface area contributed by atoms with E-state index in [1.54, 1.807) is 0 Å². The number of hydrogen-bond donors (Lipinski definition) is 2. The van der Waals surface area contributed by atoms with Crippen molar-refractivity contribution in [2.75, 3.05) is 26.2 Å². The van der Waals surface area contributed by atoms with Crippen LogP contribution in [0.4, 0.5) is 0 Å². The summed E-state index contributed by atoms with van der Waals surface area (Å²) in [4.78, 5) is 0. The van der Waals surface area contributed by atoms with Crippen LogP contribution in [0.2, 0.25) is 0 Å². The first-order valence-electron chi connectivity index (χ1n) is 5.94. The van der Waals surface area contributed by atoms with Gasteiger partial charge in [0.05, 0.1) is 0 Å². The Morgan fingerprint density at radius 1 is 1.31 bits per heavy atom. The third-order valence-corrected chi connectivity index (χ3v) is 5.01. The SMILES string of the molecule is CCN(CC)S(=O)(=O)NCC1(CCN)CC1. The molecule has 1 fully saturated rings. The van der Waals surface area contributed by atoms with Crippen molar-refractivity contribution in [2.24, 2.45) is 11.1 Å². The van der Waals surface area contributed by atoms with Crippen molar-refractivity contribution >= 4 is 10.2 Å². The minimum atomic E-state index is -3.29. The highest BCUT2D eigenvalue weighted by Gasteiger charge is 2.42. The van der Waals surface area contributed by atoms with E-state index in [1.807, 2.05) is 13.8 Å². The van der Waals surface area contributed by atoms with E-state index in [4.69, 9.17) is 5.73 Å². The molecule has 0 spiro atoms. The van der Waals surface area contributed by atoms with Crippen molar-refractivity contribution in [1.82, 2.24) is 9.03 Å². The second-order valence-corrected chi connectivity index (χ2v) is 6.20. The number of nitrogens with one attached hydrogen (secondary N) is 1. The van der Waals surface area contributed by atoms with Gasteiger partial charge in [0, 0.05) is 19.6 Å². The summed E-state index contributed by atoms with van der Waals surface area (Å²) in [6, 6.07) is 0. The van der Waals surface area contributed by atoms with Gasteiger partial charge in [-0.25, -0.2) is 4.72 Å². The Bertz CT molecular complexity index is 308. The predicted octanol–water partition coefficient (Wildman–Crippen LogP) is 0.292. The van der Waals surface area contributed by atoms with Gasteiger partial charge in [0.15, 0.2) is 0 Å². The Kier molecular flexibility index (Phi) is 4.73. The van der Waals surface area contributed by atoms with Gasteiger partial charge < -0.3 is 5.73 Å². The summed E-state index contributed by atoms with van der Waals surface area (Å²) < 4.78 is 27.8. The van der Waals surface area contributed by atoms with E-state index in [2.05, 4.69) is 4.72 Å². The fraction of sp³-hybridized carbons (Fsp3) is 1.00. The van der Waals surface area contributed by atoms with Crippen molar-refractivity contribution in [3.8, 4) is 0 Å². The number of hydrogen-bond acceptors (Lipinski definition) is 3. The van der Waals surface area contributed by atoms with Crippen LogP contribution in [-0.2, 0) is 10.2 Å². The highest BCUT2D eigenvalue weighted by Crippen LogP contribution is 2.47. The molecule has 1 saturated carbocycles. The van der Waals surface area contributed by atoms with Gasteiger partial charge in [0.25, 0.3) is 10.2 Å². The van der Waals surface area contributed by atoms with E-state index >= 15 is 0 Å². The van der Waals surface area contributed by atoms with Crippen molar-refractivity contribution in [3.63, 3.8) is 0 Å². The zero-order valence-corrected chi connectivity index (χ0v) is 11.0. The highest BCUT2D eigenvalue weighted by atomic mass is 32.2. The smallest absolute Gasteiger partial charge is 0.279 e. The Morgan fingerprint density at radius 3 is 2.25 bits per heavy atom. The molecule has 1 aliphatic carbocycles. The Hall–Kier alpha value is -0.170. The van der Waals surface area contributed by atoms with E-state index in [-0.39, 0.29) is 5.41 Å². The molecule has 1 aliphatic rings. The fourth-order valence-electron chi connectivity index (χ4n) is 1.90. The van der Waals surface area contributed by atoms with E-state index < -0.39 is 10.2 Å². The topological polar surface area (TPSA) is 75.4 Å². The molecule has 0 aromatic rings. The lowest BCUT2D eigenvalue weighted by Gasteiger charge is -2.21. The Balaban J connectivity index is 2.48. The van der Waals surface area contributed by atoms with Gasteiger partial charge >= 0.3 is 0 Å². The highest BCUT2D eigenvalue weighted by molar-refractivity contribution is 7.87. The molecule has 0 aromatic heterocycles. The molecule has 0 radical (unpaired) electrons. The summed E-state index contributed by atoms with van der Waals surface area (Å²) in [7, 11) is -3.29. The maximum Gasteiger partial charge on any atom is 0.279 e. The molecule has 5 nitrogen and oxygen atoms in total. The Morgan fingerprint density at radius 2 is 1.88 bits per heavy atom. The number of rotatable bonds is 8. The molecule has 16 heavy (non-hydrogen) atoms. The van der Waals surface area contributed by atoms with Gasteiger partial charge in [-0.05, 0) is 31.2 Å². The maximum atomic E-state index is 11.9. The lowest BCUT2D eigenvalue weighted by Crippen LogP contribution is -2.42. The fourth-order valence-corrected chi connectivity index (χ4v) is 3.25. The molecule has 6 heteroatoms. The van der Waals surface area contributed by atoms with Crippen molar-refractivity contribution in [3.05, 3.63) is 0 Å². The van der Waals surface area contributed by atoms with E-state index in [0.717, 1.165) is 19.3 Å². The summed E-state index contributed by atoms with van der Waals surface area (Å²) in [6.45, 7) is 5.87. The van der Waals surface area contributed by atoms with Gasteiger partial charge in [-0.2, -0.15) is 12.7 Å². The van der Waals surface area contributed by atoms with Gasteiger partial charge in [-0.1, -0.05) is 13.8 Å². The molecule has 0 saturated heterocycles. The normalized spacial score (nSPS) is 19.0. The molecule has 0 amide bonds. The molecule has 1 rings (SSSR count). The second-order valence-electron chi connectivity index (χ2n) is 4.45. The van der Waals surface area contributed by atoms with Crippen LogP contribution >= 0.6 is 0 Å². The van der Waals surface area contributed by atoms with Crippen LogP contribution < -0.4 is 10.5 Å². The van der Waals surface area contributed by atoms with Gasteiger partial charge in [-0.15, -0.1) is 0 Å². The van der Waals surface area contributed by atoms with Crippen LogP contribution in [0.25, 0.3) is 0 Å².